The first-order valence-electron chi connectivity index (χ1n) is 6.55. The molecule has 0 atom stereocenters. The molecule has 0 amide bonds. The molecule has 21 heavy (non-hydrogen) atoms. The standard InChI is InChI=1S/C13H21FN4O2S/c1-15-13(17-9-10-18-21(2,19)20)16-8-7-11-5-3-4-6-12(11)14/h3-6,18H,7-10H2,1-2H3,(H2,15,16,17). The molecule has 118 valence electrons. The van der Waals surface area contributed by atoms with Gasteiger partial charge < -0.3 is 10.6 Å². The van der Waals surface area contributed by atoms with Crippen LogP contribution in [0.4, 0.5) is 4.39 Å². The SMILES string of the molecule is CN=C(NCCNS(C)(=O)=O)NCCc1ccccc1F. The zero-order valence-electron chi connectivity index (χ0n) is 12.2. The van der Waals surface area contributed by atoms with Gasteiger partial charge in [-0.3, -0.25) is 4.99 Å². The van der Waals surface area contributed by atoms with Gasteiger partial charge in [-0.1, -0.05) is 18.2 Å². The molecule has 1 aromatic rings. The predicted molar refractivity (Wildman–Crippen MR) is 82.3 cm³/mol. The molecule has 0 saturated heterocycles. The molecule has 6 nitrogen and oxygen atoms in total. The first-order valence-corrected chi connectivity index (χ1v) is 8.44. The van der Waals surface area contributed by atoms with Crippen LogP contribution in [-0.4, -0.2) is 47.3 Å². The molecule has 0 aliphatic rings. The van der Waals surface area contributed by atoms with Crippen molar-refractivity contribution in [1.82, 2.24) is 15.4 Å². The summed E-state index contributed by atoms with van der Waals surface area (Å²) in [6.07, 6.45) is 1.64. The van der Waals surface area contributed by atoms with Crippen LogP contribution in [0.2, 0.25) is 0 Å². The van der Waals surface area contributed by atoms with Crippen molar-refractivity contribution in [3.05, 3.63) is 35.6 Å². The Morgan fingerprint density at radius 1 is 1.19 bits per heavy atom. The van der Waals surface area contributed by atoms with Crippen molar-refractivity contribution in [1.29, 1.82) is 0 Å². The van der Waals surface area contributed by atoms with Gasteiger partial charge in [0.15, 0.2) is 5.96 Å². The van der Waals surface area contributed by atoms with Crippen molar-refractivity contribution in [2.45, 2.75) is 6.42 Å². The third kappa shape index (κ3) is 7.62. The fraction of sp³-hybridized carbons (Fsp3) is 0.462. The molecule has 0 heterocycles. The molecule has 1 rings (SSSR count). The molecule has 0 aliphatic carbocycles. The third-order valence-corrected chi connectivity index (χ3v) is 3.38. The second-order valence-electron chi connectivity index (χ2n) is 4.43. The molecule has 0 spiro atoms. The van der Waals surface area contributed by atoms with Gasteiger partial charge in [-0.25, -0.2) is 17.5 Å². The molecule has 0 bridgehead atoms. The number of guanidine groups is 1. The molecular formula is C13H21FN4O2S. The van der Waals surface area contributed by atoms with Gasteiger partial charge in [-0.2, -0.15) is 0 Å². The Morgan fingerprint density at radius 2 is 1.86 bits per heavy atom. The second kappa shape index (κ2) is 8.58. The number of benzene rings is 1. The number of rotatable bonds is 7. The van der Waals surface area contributed by atoms with Gasteiger partial charge in [0.1, 0.15) is 5.82 Å². The Labute approximate surface area is 124 Å². The van der Waals surface area contributed by atoms with Gasteiger partial charge in [0, 0.05) is 26.7 Å². The van der Waals surface area contributed by atoms with Crippen molar-refractivity contribution >= 4 is 16.0 Å². The minimum absolute atomic E-state index is 0.223. The van der Waals surface area contributed by atoms with Crippen molar-refractivity contribution < 1.29 is 12.8 Å². The molecule has 8 heteroatoms. The number of sulfonamides is 1. The summed E-state index contributed by atoms with van der Waals surface area (Å²) < 4.78 is 37.6. The average molecular weight is 316 g/mol. The quantitative estimate of drug-likeness (QED) is 0.378. The van der Waals surface area contributed by atoms with Crippen molar-refractivity contribution in [2.75, 3.05) is 32.9 Å². The normalized spacial score (nSPS) is 12.2. The summed E-state index contributed by atoms with van der Waals surface area (Å²) >= 11 is 0. The van der Waals surface area contributed by atoms with E-state index in [-0.39, 0.29) is 12.4 Å². The van der Waals surface area contributed by atoms with E-state index in [0.717, 1.165) is 6.26 Å². The Hall–Kier alpha value is -1.67. The van der Waals surface area contributed by atoms with E-state index in [4.69, 9.17) is 0 Å². The summed E-state index contributed by atoms with van der Waals surface area (Å²) in [4.78, 5) is 4.00. The average Bonchev–Trinajstić information content (AvgIpc) is 2.42. The van der Waals surface area contributed by atoms with Gasteiger partial charge in [0.25, 0.3) is 0 Å². The third-order valence-electron chi connectivity index (χ3n) is 2.65. The number of halogens is 1. The number of hydrogen-bond acceptors (Lipinski definition) is 3. The summed E-state index contributed by atoms with van der Waals surface area (Å²) in [5, 5.41) is 6.00. The molecule has 0 fully saturated rings. The van der Waals surface area contributed by atoms with E-state index in [2.05, 4.69) is 20.3 Å². The molecular weight excluding hydrogens is 295 g/mol. The van der Waals surface area contributed by atoms with E-state index in [1.54, 1.807) is 25.2 Å². The zero-order valence-corrected chi connectivity index (χ0v) is 13.0. The molecule has 0 radical (unpaired) electrons. The van der Waals surface area contributed by atoms with Crippen LogP contribution >= 0.6 is 0 Å². The molecule has 1 aromatic carbocycles. The Balaban J connectivity index is 2.27. The number of hydrogen-bond donors (Lipinski definition) is 3. The number of nitrogens with zero attached hydrogens (tertiary/aromatic N) is 1. The first-order chi connectivity index (χ1) is 9.92. The zero-order chi connectivity index (χ0) is 15.7. The summed E-state index contributed by atoms with van der Waals surface area (Å²) in [7, 11) is -1.56. The lowest BCUT2D eigenvalue weighted by molar-refractivity contribution is 0.586. The smallest absolute Gasteiger partial charge is 0.208 e. The van der Waals surface area contributed by atoms with E-state index in [9.17, 15) is 12.8 Å². The lowest BCUT2D eigenvalue weighted by Crippen LogP contribution is -2.42. The summed E-state index contributed by atoms with van der Waals surface area (Å²) in [6.45, 7) is 1.21. The first kappa shape index (κ1) is 17.4. The number of aliphatic imine (C=N–C) groups is 1. The van der Waals surface area contributed by atoms with Crippen LogP contribution in [0.25, 0.3) is 0 Å². The van der Waals surface area contributed by atoms with Gasteiger partial charge in [-0.05, 0) is 18.1 Å². The maximum absolute atomic E-state index is 13.4. The Bertz CT molecular complexity index is 575. The van der Waals surface area contributed by atoms with Crippen molar-refractivity contribution in [2.24, 2.45) is 4.99 Å². The van der Waals surface area contributed by atoms with E-state index in [0.29, 0.717) is 31.0 Å². The lowest BCUT2D eigenvalue weighted by Gasteiger charge is -2.12. The molecule has 0 saturated carbocycles. The predicted octanol–water partition coefficient (Wildman–Crippen LogP) is 0.0824. The highest BCUT2D eigenvalue weighted by Gasteiger charge is 2.02. The maximum Gasteiger partial charge on any atom is 0.208 e. The minimum Gasteiger partial charge on any atom is -0.356 e. The van der Waals surface area contributed by atoms with Gasteiger partial charge in [-0.15, -0.1) is 0 Å². The summed E-state index contributed by atoms with van der Waals surface area (Å²) in [5.41, 5.74) is 0.638. The topological polar surface area (TPSA) is 82.6 Å². The maximum atomic E-state index is 13.4. The van der Waals surface area contributed by atoms with Gasteiger partial charge in [0.2, 0.25) is 10.0 Å². The van der Waals surface area contributed by atoms with Crippen LogP contribution in [0.3, 0.4) is 0 Å². The van der Waals surface area contributed by atoms with Crippen molar-refractivity contribution in [3.63, 3.8) is 0 Å². The lowest BCUT2D eigenvalue weighted by atomic mass is 10.1. The highest BCUT2D eigenvalue weighted by Crippen LogP contribution is 2.05. The largest absolute Gasteiger partial charge is 0.356 e. The minimum atomic E-state index is -3.18. The Kier molecular flexibility index (Phi) is 7.10. The van der Waals surface area contributed by atoms with Crippen LogP contribution < -0.4 is 15.4 Å². The van der Waals surface area contributed by atoms with Crippen LogP contribution in [0.5, 0.6) is 0 Å². The summed E-state index contributed by atoms with van der Waals surface area (Å²) in [6, 6.07) is 6.62. The van der Waals surface area contributed by atoms with E-state index in [1.165, 1.54) is 6.07 Å². The van der Waals surface area contributed by atoms with E-state index in [1.807, 2.05) is 0 Å². The number of nitrogens with one attached hydrogen (secondary N) is 3. The second-order valence-corrected chi connectivity index (χ2v) is 6.27. The Morgan fingerprint density at radius 3 is 2.48 bits per heavy atom. The van der Waals surface area contributed by atoms with E-state index >= 15 is 0 Å². The van der Waals surface area contributed by atoms with Gasteiger partial charge >= 0.3 is 0 Å². The molecule has 0 aliphatic heterocycles. The highest BCUT2D eigenvalue weighted by molar-refractivity contribution is 7.88. The van der Waals surface area contributed by atoms with Crippen LogP contribution in [0, 0.1) is 5.82 Å². The molecule has 3 N–H and O–H groups in total. The van der Waals surface area contributed by atoms with Gasteiger partial charge in [0.05, 0.1) is 6.26 Å². The summed E-state index contributed by atoms with van der Waals surface area (Å²) in [5.74, 6) is 0.321. The van der Waals surface area contributed by atoms with Crippen LogP contribution in [-0.2, 0) is 16.4 Å². The molecule has 0 unspecified atom stereocenters. The van der Waals surface area contributed by atoms with E-state index < -0.39 is 10.0 Å². The van der Waals surface area contributed by atoms with Crippen LogP contribution in [0.15, 0.2) is 29.3 Å². The van der Waals surface area contributed by atoms with Crippen molar-refractivity contribution in [3.8, 4) is 0 Å². The highest BCUT2D eigenvalue weighted by atomic mass is 32.2. The molecule has 0 aromatic heterocycles. The fourth-order valence-electron chi connectivity index (χ4n) is 1.65. The van der Waals surface area contributed by atoms with Crippen LogP contribution in [0.1, 0.15) is 5.56 Å². The monoisotopic (exact) mass is 316 g/mol. The fourth-order valence-corrected chi connectivity index (χ4v) is 2.13.